The van der Waals surface area contributed by atoms with Gasteiger partial charge in [-0.3, -0.25) is 9.36 Å². The molecule has 3 aromatic rings. The van der Waals surface area contributed by atoms with Crippen molar-refractivity contribution >= 4 is 22.7 Å². The molecule has 0 aliphatic carbocycles. The molecule has 138 valence electrons. The van der Waals surface area contributed by atoms with Crippen LogP contribution in [-0.2, 0) is 14.3 Å². The van der Waals surface area contributed by atoms with Gasteiger partial charge in [0.15, 0.2) is 6.61 Å². The van der Waals surface area contributed by atoms with Crippen molar-refractivity contribution in [1.82, 2.24) is 4.57 Å². The van der Waals surface area contributed by atoms with Gasteiger partial charge >= 0.3 is 11.9 Å². The molecule has 0 aliphatic heterocycles. The Labute approximate surface area is 154 Å². The first kappa shape index (κ1) is 18.2. The van der Waals surface area contributed by atoms with Gasteiger partial charge in [-0.1, -0.05) is 18.2 Å². The summed E-state index contributed by atoms with van der Waals surface area (Å²) in [5.41, 5.74) is 0.457. The number of carbonyl (C=O) groups excluding carboxylic acids is 2. The first-order chi connectivity index (χ1) is 13.0. The van der Waals surface area contributed by atoms with E-state index in [1.165, 1.54) is 17.9 Å². The Morgan fingerprint density at radius 1 is 0.963 bits per heavy atom. The van der Waals surface area contributed by atoms with Crippen molar-refractivity contribution in [3.63, 3.8) is 0 Å². The molecule has 1 aromatic heterocycles. The van der Waals surface area contributed by atoms with Gasteiger partial charge in [0.1, 0.15) is 5.75 Å². The topological polar surface area (TPSA) is 83.8 Å². The number of ether oxygens (including phenoxy) is 3. The first-order valence-electron chi connectivity index (χ1n) is 8.08. The number of methoxy groups -OCH3 is 2. The molecule has 7 nitrogen and oxygen atoms in total. The van der Waals surface area contributed by atoms with Crippen LogP contribution in [0.2, 0.25) is 0 Å². The number of nitrogens with zero attached hydrogens (tertiary/aromatic N) is 1. The summed E-state index contributed by atoms with van der Waals surface area (Å²) >= 11 is 0. The summed E-state index contributed by atoms with van der Waals surface area (Å²) in [6.07, 6.45) is 1.41. The van der Waals surface area contributed by atoms with E-state index in [0.29, 0.717) is 22.2 Å². The Hall–Kier alpha value is -3.61. The van der Waals surface area contributed by atoms with Crippen LogP contribution in [0.5, 0.6) is 5.75 Å². The molecule has 0 amide bonds. The lowest BCUT2D eigenvalue weighted by atomic mass is 10.1. The predicted octanol–water partition coefficient (Wildman–Crippen LogP) is 2.33. The predicted molar refractivity (Wildman–Crippen MR) is 98.4 cm³/mol. The van der Waals surface area contributed by atoms with Crippen LogP contribution in [0.1, 0.15) is 10.4 Å². The Bertz CT molecular complexity index is 1050. The van der Waals surface area contributed by atoms with E-state index >= 15 is 0 Å². The second-order valence-electron chi connectivity index (χ2n) is 5.61. The van der Waals surface area contributed by atoms with E-state index in [-0.39, 0.29) is 11.1 Å². The van der Waals surface area contributed by atoms with E-state index in [0.717, 1.165) is 0 Å². The van der Waals surface area contributed by atoms with E-state index in [9.17, 15) is 14.4 Å². The molecule has 0 N–H and O–H groups in total. The van der Waals surface area contributed by atoms with E-state index in [1.54, 1.807) is 55.6 Å². The monoisotopic (exact) mass is 367 g/mol. The number of carbonyl (C=O) groups is 2. The summed E-state index contributed by atoms with van der Waals surface area (Å²) in [6, 6.07) is 13.6. The van der Waals surface area contributed by atoms with Gasteiger partial charge in [0.25, 0.3) is 5.56 Å². The van der Waals surface area contributed by atoms with E-state index < -0.39 is 18.5 Å². The summed E-state index contributed by atoms with van der Waals surface area (Å²) in [5.74, 6) is -0.750. The summed E-state index contributed by atoms with van der Waals surface area (Å²) < 4.78 is 16.0. The van der Waals surface area contributed by atoms with Crippen molar-refractivity contribution < 1.29 is 23.8 Å². The number of rotatable bonds is 5. The number of hydrogen-bond acceptors (Lipinski definition) is 6. The molecule has 1 heterocycles. The Kier molecular flexibility index (Phi) is 5.21. The molecular formula is C20H17NO6. The number of fused-ring (bicyclic) bond motifs is 1. The highest BCUT2D eigenvalue weighted by Gasteiger charge is 2.18. The number of pyridine rings is 1. The minimum atomic E-state index is -0.723. The molecule has 0 bridgehead atoms. The Balaban J connectivity index is 2.12. The molecule has 0 radical (unpaired) electrons. The van der Waals surface area contributed by atoms with Crippen molar-refractivity contribution in [3.8, 4) is 11.4 Å². The van der Waals surface area contributed by atoms with Gasteiger partial charge in [-0.05, 0) is 30.3 Å². The van der Waals surface area contributed by atoms with Crippen LogP contribution < -0.4 is 10.3 Å². The van der Waals surface area contributed by atoms with Crippen molar-refractivity contribution in [2.75, 3.05) is 20.8 Å². The molecule has 0 spiro atoms. The maximum Gasteiger partial charge on any atom is 0.344 e. The molecule has 0 saturated heterocycles. The fourth-order valence-corrected chi connectivity index (χ4v) is 2.65. The van der Waals surface area contributed by atoms with Crippen molar-refractivity contribution in [1.29, 1.82) is 0 Å². The molecule has 0 atom stereocenters. The van der Waals surface area contributed by atoms with Gasteiger partial charge in [0.05, 0.1) is 19.8 Å². The van der Waals surface area contributed by atoms with Gasteiger partial charge in [-0.15, -0.1) is 0 Å². The minimum absolute atomic E-state index is 0.171. The molecule has 0 saturated carbocycles. The average molecular weight is 367 g/mol. The Morgan fingerprint density at radius 3 is 2.26 bits per heavy atom. The van der Waals surface area contributed by atoms with Crippen LogP contribution in [0.4, 0.5) is 0 Å². The molecular weight excluding hydrogens is 350 g/mol. The van der Waals surface area contributed by atoms with Gasteiger partial charge in [0.2, 0.25) is 0 Å². The number of aromatic nitrogens is 1. The molecule has 0 aliphatic rings. The molecule has 0 fully saturated rings. The van der Waals surface area contributed by atoms with Crippen LogP contribution in [0.15, 0.2) is 59.5 Å². The zero-order chi connectivity index (χ0) is 19.4. The lowest BCUT2D eigenvalue weighted by molar-refractivity contribution is -0.144. The highest BCUT2D eigenvalue weighted by atomic mass is 16.6. The first-order valence-corrected chi connectivity index (χ1v) is 8.08. The smallest absolute Gasteiger partial charge is 0.344 e. The average Bonchev–Trinajstić information content (AvgIpc) is 2.72. The van der Waals surface area contributed by atoms with Crippen molar-refractivity contribution in [2.45, 2.75) is 0 Å². The summed E-state index contributed by atoms with van der Waals surface area (Å²) in [6.45, 7) is -0.509. The van der Waals surface area contributed by atoms with E-state index in [2.05, 4.69) is 4.74 Å². The van der Waals surface area contributed by atoms with Gasteiger partial charge in [0, 0.05) is 22.7 Å². The van der Waals surface area contributed by atoms with Crippen LogP contribution in [0.25, 0.3) is 16.5 Å². The number of hydrogen-bond donors (Lipinski definition) is 0. The normalized spacial score (nSPS) is 10.4. The van der Waals surface area contributed by atoms with Crippen molar-refractivity contribution in [2.24, 2.45) is 0 Å². The van der Waals surface area contributed by atoms with Gasteiger partial charge in [-0.25, -0.2) is 9.59 Å². The number of esters is 2. The maximum atomic E-state index is 12.9. The van der Waals surface area contributed by atoms with Gasteiger partial charge in [-0.2, -0.15) is 0 Å². The van der Waals surface area contributed by atoms with E-state index in [1.807, 2.05) is 0 Å². The Morgan fingerprint density at radius 2 is 1.63 bits per heavy atom. The minimum Gasteiger partial charge on any atom is -0.497 e. The largest absolute Gasteiger partial charge is 0.497 e. The fraction of sp³-hybridized carbons (Fsp3) is 0.150. The third kappa shape index (κ3) is 3.67. The third-order valence-corrected chi connectivity index (χ3v) is 4.04. The lowest BCUT2D eigenvalue weighted by Crippen LogP contribution is -2.22. The highest BCUT2D eigenvalue weighted by molar-refractivity contribution is 6.04. The SMILES string of the molecule is COC(=O)COC(=O)c1cn(-c2ccc(OC)cc2)c(=O)c2ccccc12. The van der Waals surface area contributed by atoms with Crippen LogP contribution in [-0.4, -0.2) is 37.3 Å². The maximum absolute atomic E-state index is 12.9. The van der Waals surface area contributed by atoms with Gasteiger partial charge < -0.3 is 14.2 Å². The van der Waals surface area contributed by atoms with Crippen molar-refractivity contribution in [3.05, 3.63) is 70.6 Å². The quantitative estimate of drug-likeness (QED) is 0.644. The molecule has 3 rings (SSSR count). The molecule has 7 heteroatoms. The molecule has 27 heavy (non-hydrogen) atoms. The fourth-order valence-electron chi connectivity index (χ4n) is 2.65. The van der Waals surface area contributed by atoms with Crippen LogP contribution >= 0.6 is 0 Å². The zero-order valence-corrected chi connectivity index (χ0v) is 14.8. The highest BCUT2D eigenvalue weighted by Crippen LogP contribution is 2.20. The second-order valence-corrected chi connectivity index (χ2v) is 5.61. The summed E-state index contributed by atoms with van der Waals surface area (Å²) in [5, 5.41) is 0.808. The standard InChI is InChI=1S/C20H17NO6/c1-25-14-9-7-13(8-10-14)21-11-17(20(24)27-12-18(22)26-2)15-5-3-4-6-16(15)19(21)23/h3-11H,12H2,1-2H3. The molecule has 0 unspecified atom stereocenters. The lowest BCUT2D eigenvalue weighted by Gasteiger charge is -2.12. The molecule has 2 aromatic carbocycles. The summed E-state index contributed by atoms with van der Waals surface area (Å²) in [7, 11) is 2.75. The summed E-state index contributed by atoms with van der Waals surface area (Å²) in [4.78, 5) is 36.6. The zero-order valence-electron chi connectivity index (χ0n) is 14.8. The van der Waals surface area contributed by atoms with Crippen LogP contribution in [0, 0.1) is 0 Å². The second kappa shape index (κ2) is 7.74. The van der Waals surface area contributed by atoms with E-state index in [4.69, 9.17) is 9.47 Å². The van der Waals surface area contributed by atoms with Crippen LogP contribution in [0.3, 0.4) is 0 Å². The third-order valence-electron chi connectivity index (χ3n) is 4.04. The number of benzene rings is 2.